The normalized spacial score (nSPS) is 10.4. The van der Waals surface area contributed by atoms with Crippen molar-refractivity contribution in [3.05, 3.63) is 10.4 Å². The van der Waals surface area contributed by atoms with E-state index in [0.29, 0.717) is 6.54 Å². The smallest absolute Gasteiger partial charge is 0.0589 e. The van der Waals surface area contributed by atoms with Crippen LogP contribution in [0.25, 0.3) is 10.4 Å². The van der Waals surface area contributed by atoms with Gasteiger partial charge in [0.1, 0.15) is 0 Å². The first-order valence-corrected chi connectivity index (χ1v) is 5.56. The highest BCUT2D eigenvalue weighted by Crippen LogP contribution is 1.96. The summed E-state index contributed by atoms with van der Waals surface area (Å²) in [6.45, 7) is 4.91. The summed E-state index contributed by atoms with van der Waals surface area (Å²) in [6, 6.07) is 0. The quantitative estimate of drug-likeness (QED) is 0.234. The molecule has 0 aromatic rings. The number of hydrogen-bond acceptors (Lipinski definition) is 4. The first-order valence-electron chi connectivity index (χ1n) is 5.56. The summed E-state index contributed by atoms with van der Waals surface area (Å²) in [5.74, 6) is 0. The molecule has 6 heteroatoms. The van der Waals surface area contributed by atoms with Gasteiger partial charge in [0.15, 0.2) is 0 Å². The van der Waals surface area contributed by atoms with Gasteiger partial charge in [0.25, 0.3) is 0 Å². The van der Waals surface area contributed by atoms with Crippen LogP contribution in [0.1, 0.15) is 12.8 Å². The van der Waals surface area contributed by atoms with Gasteiger partial charge in [-0.15, -0.1) is 0 Å². The Morgan fingerprint density at radius 1 is 1.06 bits per heavy atom. The van der Waals surface area contributed by atoms with Crippen molar-refractivity contribution in [1.29, 1.82) is 0 Å². The predicted molar refractivity (Wildman–Crippen MR) is 63.4 cm³/mol. The van der Waals surface area contributed by atoms with Gasteiger partial charge in [-0.05, 0) is 24.9 Å². The molecular formula is C10H22N4O2. The van der Waals surface area contributed by atoms with Crippen LogP contribution in [0.4, 0.5) is 0 Å². The standard InChI is InChI=1S/C10H22N4O2/c1-15-9-4-7-14(8-10-16-2)6-3-5-12-13-11/h3-10H2,1-2H3. The van der Waals surface area contributed by atoms with Crippen molar-refractivity contribution in [3.8, 4) is 0 Å². The Bertz CT molecular complexity index is 195. The number of azide groups is 1. The van der Waals surface area contributed by atoms with Crippen molar-refractivity contribution >= 4 is 0 Å². The molecule has 0 fully saturated rings. The van der Waals surface area contributed by atoms with Gasteiger partial charge in [0.05, 0.1) is 6.61 Å². The van der Waals surface area contributed by atoms with Crippen LogP contribution in [0, 0.1) is 0 Å². The molecule has 0 saturated heterocycles. The summed E-state index contributed by atoms with van der Waals surface area (Å²) in [6.07, 6.45) is 1.91. The molecule has 0 rings (SSSR count). The van der Waals surface area contributed by atoms with Crippen LogP contribution >= 0.6 is 0 Å². The minimum atomic E-state index is 0.560. The molecule has 0 aliphatic heterocycles. The van der Waals surface area contributed by atoms with E-state index in [2.05, 4.69) is 14.9 Å². The molecule has 0 unspecified atom stereocenters. The van der Waals surface area contributed by atoms with E-state index in [4.69, 9.17) is 15.0 Å². The number of rotatable bonds is 11. The van der Waals surface area contributed by atoms with Crippen LogP contribution < -0.4 is 0 Å². The lowest BCUT2D eigenvalue weighted by Crippen LogP contribution is -2.30. The summed E-state index contributed by atoms with van der Waals surface area (Å²) < 4.78 is 10.1. The fourth-order valence-electron chi connectivity index (χ4n) is 1.40. The maximum Gasteiger partial charge on any atom is 0.0589 e. The molecule has 0 amide bonds. The van der Waals surface area contributed by atoms with E-state index in [1.165, 1.54) is 0 Å². The van der Waals surface area contributed by atoms with Crippen molar-refractivity contribution in [2.45, 2.75) is 12.8 Å². The third-order valence-corrected chi connectivity index (χ3v) is 2.23. The predicted octanol–water partition coefficient (Wildman–Crippen LogP) is 1.67. The summed E-state index contributed by atoms with van der Waals surface area (Å²) in [4.78, 5) is 5.03. The average Bonchev–Trinajstić information content (AvgIpc) is 2.31. The monoisotopic (exact) mass is 230 g/mol. The van der Waals surface area contributed by atoms with Gasteiger partial charge < -0.3 is 14.4 Å². The van der Waals surface area contributed by atoms with Gasteiger partial charge in [-0.25, -0.2) is 0 Å². The van der Waals surface area contributed by atoms with E-state index in [1.54, 1.807) is 14.2 Å². The molecule has 94 valence electrons. The van der Waals surface area contributed by atoms with Crippen molar-refractivity contribution in [2.75, 3.05) is 53.6 Å². The van der Waals surface area contributed by atoms with Crippen LogP contribution in [0.15, 0.2) is 5.11 Å². The largest absolute Gasteiger partial charge is 0.385 e. The Kier molecular flexibility index (Phi) is 11.6. The van der Waals surface area contributed by atoms with Gasteiger partial charge >= 0.3 is 0 Å². The van der Waals surface area contributed by atoms with E-state index < -0.39 is 0 Å². The highest BCUT2D eigenvalue weighted by Gasteiger charge is 2.03. The summed E-state index contributed by atoms with van der Waals surface area (Å²) >= 11 is 0. The summed E-state index contributed by atoms with van der Waals surface area (Å²) in [5, 5.41) is 3.52. The van der Waals surface area contributed by atoms with Crippen LogP contribution in [-0.2, 0) is 9.47 Å². The third kappa shape index (κ3) is 9.73. The van der Waals surface area contributed by atoms with Crippen LogP contribution in [-0.4, -0.2) is 58.5 Å². The fourth-order valence-corrected chi connectivity index (χ4v) is 1.40. The zero-order chi connectivity index (χ0) is 12.1. The van der Waals surface area contributed by atoms with Gasteiger partial charge in [-0.3, -0.25) is 0 Å². The maximum absolute atomic E-state index is 8.15. The Labute approximate surface area is 97.1 Å². The minimum absolute atomic E-state index is 0.560. The van der Waals surface area contributed by atoms with E-state index in [0.717, 1.165) is 45.7 Å². The first kappa shape index (κ1) is 15.2. The molecule has 0 aliphatic rings. The zero-order valence-electron chi connectivity index (χ0n) is 10.3. The SMILES string of the molecule is COCCCN(CCCN=[N+]=[N-])CCOC. The minimum Gasteiger partial charge on any atom is -0.385 e. The van der Waals surface area contributed by atoms with Gasteiger partial charge in [-0.1, -0.05) is 5.11 Å². The Morgan fingerprint density at radius 2 is 1.75 bits per heavy atom. The van der Waals surface area contributed by atoms with Crippen molar-refractivity contribution in [3.63, 3.8) is 0 Å². The van der Waals surface area contributed by atoms with E-state index in [1.807, 2.05) is 0 Å². The second-order valence-electron chi connectivity index (χ2n) is 3.49. The van der Waals surface area contributed by atoms with Crippen molar-refractivity contribution in [1.82, 2.24) is 4.90 Å². The molecule has 0 aromatic carbocycles. The van der Waals surface area contributed by atoms with E-state index in [9.17, 15) is 0 Å². The van der Waals surface area contributed by atoms with Crippen molar-refractivity contribution < 1.29 is 9.47 Å². The lowest BCUT2D eigenvalue weighted by molar-refractivity contribution is 0.132. The van der Waals surface area contributed by atoms with Gasteiger partial charge in [0.2, 0.25) is 0 Å². The summed E-state index contributed by atoms with van der Waals surface area (Å²) in [7, 11) is 3.41. The molecule has 16 heavy (non-hydrogen) atoms. The topological polar surface area (TPSA) is 70.5 Å². The molecule has 0 radical (unpaired) electrons. The second-order valence-corrected chi connectivity index (χ2v) is 3.49. The molecule has 0 atom stereocenters. The molecule has 0 aliphatic carbocycles. The third-order valence-electron chi connectivity index (χ3n) is 2.23. The highest BCUT2D eigenvalue weighted by atomic mass is 16.5. The maximum atomic E-state index is 8.15. The van der Waals surface area contributed by atoms with Crippen molar-refractivity contribution in [2.24, 2.45) is 5.11 Å². The Hall–Kier alpha value is -0.810. The molecule has 0 N–H and O–H groups in total. The second kappa shape index (κ2) is 12.3. The molecule has 0 aromatic heterocycles. The molecular weight excluding hydrogens is 208 g/mol. The molecule has 0 spiro atoms. The number of ether oxygens (including phenoxy) is 2. The van der Waals surface area contributed by atoms with E-state index in [-0.39, 0.29) is 0 Å². The van der Waals surface area contributed by atoms with Gasteiger partial charge in [0, 0.05) is 45.4 Å². The molecule has 0 saturated carbocycles. The summed E-state index contributed by atoms with van der Waals surface area (Å²) in [5.41, 5.74) is 8.15. The van der Waals surface area contributed by atoms with Crippen LogP contribution in [0.5, 0.6) is 0 Å². The lowest BCUT2D eigenvalue weighted by Gasteiger charge is -2.21. The Morgan fingerprint density at radius 3 is 2.38 bits per heavy atom. The molecule has 6 nitrogen and oxygen atoms in total. The van der Waals surface area contributed by atoms with Crippen LogP contribution in [0.2, 0.25) is 0 Å². The van der Waals surface area contributed by atoms with Crippen LogP contribution in [0.3, 0.4) is 0 Å². The van der Waals surface area contributed by atoms with Gasteiger partial charge in [-0.2, -0.15) is 0 Å². The molecule has 0 heterocycles. The first-order chi connectivity index (χ1) is 7.85. The highest BCUT2D eigenvalue weighted by molar-refractivity contribution is 4.59. The lowest BCUT2D eigenvalue weighted by atomic mass is 10.3. The molecule has 0 bridgehead atoms. The number of nitrogens with zero attached hydrogens (tertiary/aromatic N) is 4. The average molecular weight is 230 g/mol. The number of hydrogen-bond donors (Lipinski definition) is 0. The zero-order valence-corrected chi connectivity index (χ0v) is 10.3. The van der Waals surface area contributed by atoms with E-state index >= 15 is 0 Å². The Balaban J connectivity index is 3.66. The number of methoxy groups -OCH3 is 2. The fraction of sp³-hybridized carbons (Fsp3) is 1.00.